The van der Waals surface area contributed by atoms with E-state index >= 15 is 0 Å². The maximum atomic E-state index is 11.1. The first kappa shape index (κ1) is 15.2. The van der Waals surface area contributed by atoms with Gasteiger partial charge in [0.05, 0.1) is 28.0 Å². The van der Waals surface area contributed by atoms with Crippen molar-refractivity contribution in [3.8, 4) is 0 Å². The highest BCUT2D eigenvalue weighted by Gasteiger charge is 2.27. The van der Waals surface area contributed by atoms with Gasteiger partial charge in [-0.25, -0.2) is 0 Å². The molecule has 7 heteroatoms. The molecule has 2 aromatic rings. The van der Waals surface area contributed by atoms with Crippen molar-refractivity contribution < 1.29 is 14.8 Å². The average Bonchev–Trinajstić information content (AvgIpc) is 2.96. The average molecular weight is 315 g/mol. The van der Waals surface area contributed by atoms with Crippen LogP contribution in [0.2, 0.25) is 0 Å². The summed E-state index contributed by atoms with van der Waals surface area (Å²) in [5.41, 5.74) is 1.15. The van der Waals surface area contributed by atoms with Crippen molar-refractivity contribution in [2.45, 2.75) is 31.7 Å². The third-order valence-corrected chi connectivity index (χ3v) is 4.51. The van der Waals surface area contributed by atoms with Crippen LogP contribution in [-0.4, -0.2) is 25.8 Å². The van der Waals surface area contributed by atoms with Gasteiger partial charge in [-0.2, -0.15) is 5.10 Å². The van der Waals surface area contributed by atoms with Gasteiger partial charge in [0.25, 0.3) is 5.69 Å². The molecule has 1 aliphatic rings. The number of fused-ring (bicyclic) bond motifs is 1. The molecule has 0 radical (unpaired) electrons. The zero-order valence-electron chi connectivity index (χ0n) is 12.5. The Morgan fingerprint density at radius 1 is 1.39 bits per heavy atom. The summed E-state index contributed by atoms with van der Waals surface area (Å²) in [5.74, 6) is -1.01. The molecule has 1 fully saturated rings. The van der Waals surface area contributed by atoms with E-state index in [1.54, 1.807) is 12.3 Å². The number of rotatable bonds is 4. The minimum atomic E-state index is -0.736. The SMILES string of the molecule is C=Cc1cc2nn(C3CCC(C(=O)O)CC3)cc2cc1[N+](=O)[O-]. The first-order valence-electron chi connectivity index (χ1n) is 7.52. The molecule has 0 saturated heterocycles. The van der Waals surface area contributed by atoms with Gasteiger partial charge in [-0.1, -0.05) is 12.7 Å². The number of hydrogen-bond acceptors (Lipinski definition) is 4. The van der Waals surface area contributed by atoms with E-state index < -0.39 is 10.9 Å². The molecule has 0 aliphatic heterocycles. The zero-order chi connectivity index (χ0) is 16.6. The van der Waals surface area contributed by atoms with Gasteiger partial charge in [0, 0.05) is 17.6 Å². The van der Waals surface area contributed by atoms with Crippen LogP contribution in [0.1, 0.15) is 37.3 Å². The summed E-state index contributed by atoms with van der Waals surface area (Å²) in [5, 5.41) is 25.4. The van der Waals surface area contributed by atoms with E-state index in [1.165, 1.54) is 12.1 Å². The van der Waals surface area contributed by atoms with Crippen LogP contribution in [0.25, 0.3) is 17.0 Å². The van der Waals surface area contributed by atoms with Crippen molar-refractivity contribution in [2.24, 2.45) is 5.92 Å². The van der Waals surface area contributed by atoms with Crippen LogP contribution >= 0.6 is 0 Å². The minimum Gasteiger partial charge on any atom is -0.481 e. The molecular weight excluding hydrogens is 298 g/mol. The van der Waals surface area contributed by atoms with Gasteiger partial charge in [-0.15, -0.1) is 0 Å². The quantitative estimate of drug-likeness (QED) is 0.688. The van der Waals surface area contributed by atoms with Gasteiger partial charge in [-0.3, -0.25) is 19.6 Å². The van der Waals surface area contributed by atoms with E-state index in [4.69, 9.17) is 5.11 Å². The van der Waals surface area contributed by atoms with Crippen molar-refractivity contribution in [2.75, 3.05) is 0 Å². The number of aliphatic carboxylic acids is 1. The van der Waals surface area contributed by atoms with Crippen LogP contribution in [0.15, 0.2) is 24.9 Å². The summed E-state index contributed by atoms with van der Waals surface area (Å²) in [6, 6.07) is 3.32. The lowest BCUT2D eigenvalue weighted by atomic mass is 9.86. The molecule has 120 valence electrons. The van der Waals surface area contributed by atoms with Gasteiger partial charge in [0.15, 0.2) is 0 Å². The second-order valence-electron chi connectivity index (χ2n) is 5.88. The molecule has 0 spiro atoms. The standard InChI is InChI=1S/C16H17N3O4/c1-2-10-7-14-12(8-15(10)19(22)23)9-18(17-14)13-5-3-11(4-6-13)16(20)21/h2,7-9,11,13H,1,3-6H2,(H,20,21). The van der Waals surface area contributed by atoms with Crippen LogP contribution in [0.3, 0.4) is 0 Å². The molecule has 1 aromatic heterocycles. The van der Waals surface area contributed by atoms with Gasteiger partial charge in [0.1, 0.15) is 0 Å². The fraction of sp³-hybridized carbons (Fsp3) is 0.375. The predicted octanol–water partition coefficient (Wildman–Crippen LogP) is 3.40. The van der Waals surface area contributed by atoms with E-state index in [-0.39, 0.29) is 17.6 Å². The predicted molar refractivity (Wildman–Crippen MR) is 85.1 cm³/mol. The Morgan fingerprint density at radius 3 is 2.65 bits per heavy atom. The maximum Gasteiger partial charge on any atom is 0.306 e. The van der Waals surface area contributed by atoms with Crippen molar-refractivity contribution in [3.05, 3.63) is 40.6 Å². The van der Waals surface area contributed by atoms with Crippen LogP contribution in [0.5, 0.6) is 0 Å². The van der Waals surface area contributed by atoms with E-state index in [0.29, 0.717) is 29.3 Å². The normalized spacial score (nSPS) is 21.2. The minimum absolute atomic E-state index is 0.0154. The summed E-state index contributed by atoms with van der Waals surface area (Å²) in [7, 11) is 0. The first-order chi connectivity index (χ1) is 11.0. The molecular formula is C16H17N3O4. The van der Waals surface area contributed by atoms with Crippen molar-refractivity contribution in [3.63, 3.8) is 0 Å². The molecule has 1 N–H and O–H groups in total. The Balaban J connectivity index is 1.90. The fourth-order valence-corrected chi connectivity index (χ4v) is 3.19. The zero-order valence-corrected chi connectivity index (χ0v) is 12.5. The molecule has 7 nitrogen and oxygen atoms in total. The molecule has 1 aromatic carbocycles. The molecule has 0 amide bonds. The molecule has 0 bridgehead atoms. The second-order valence-corrected chi connectivity index (χ2v) is 5.88. The smallest absolute Gasteiger partial charge is 0.306 e. The van der Waals surface area contributed by atoms with Gasteiger partial charge in [0.2, 0.25) is 0 Å². The van der Waals surface area contributed by atoms with Crippen molar-refractivity contribution in [1.29, 1.82) is 0 Å². The van der Waals surface area contributed by atoms with Crippen LogP contribution in [0.4, 0.5) is 5.69 Å². The molecule has 23 heavy (non-hydrogen) atoms. The van der Waals surface area contributed by atoms with E-state index in [1.807, 2.05) is 4.68 Å². The topological polar surface area (TPSA) is 98.3 Å². The number of hydrogen-bond donors (Lipinski definition) is 1. The molecule has 1 aliphatic carbocycles. The number of nitro benzene ring substituents is 1. The van der Waals surface area contributed by atoms with Crippen molar-refractivity contribution >= 4 is 28.6 Å². The lowest BCUT2D eigenvalue weighted by Crippen LogP contribution is -2.23. The van der Waals surface area contributed by atoms with Crippen LogP contribution in [0, 0.1) is 16.0 Å². The van der Waals surface area contributed by atoms with Gasteiger partial charge in [-0.05, 0) is 31.7 Å². The Labute approximate surface area is 132 Å². The molecule has 0 atom stereocenters. The number of benzene rings is 1. The Morgan fingerprint density at radius 2 is 2.09 bits per heavy atom. The second kappa shape index (κ2) is 5.83. The number of carboxylic acid groups (broad SMARTS) is 1. The lowest BCUT2D eigenvalue weighted by molar-refractivity contribution is -0.384. The molecule has 0 unspecified atom stereocenters. The summed E-state index contributed by atoms with van der Waals surface area (Å²) >= 11 is 0. The van der Waals surface area contributed by atoms with E-state index in [9.17, 15) is 14.9 Å². The van der Waals surface area contributed by atoms with E-state index in [2.05, 4.69) is 11.7 Å². The number of nitro groups is 1. The molecule has 1 saturated carbocycles. The Bertz CT molecular complexity index is 788. The van der Waals surface area contributed by atoms with Gasteiger partial charge < -0.3 is 5.11 Å². The Hall–Kier alpha value is -2.70. The number of carbonyl (C=O) groups is 1. The summed E-state index contributed by atoms with van der Waals surface area (Å²) < 4.78 is 1.82. The summed E-state index contributed by atoms with van der Waals surface area (Å²) in [6.07, 6.45) is 6.03. The summed E-state index contributed by atoms with van der Waals surface area (Å²) in [4.78, 5) is 21.7. The number of nitrogens with zero attached hydrogens (tertiary/aromatic N) is 3. The number of aromatic nitrogens is 2. The largest absolute Gasteiger partial charge is 0.481 e. The molecule has 3 rings (SSSR count). The lowest BCUT2D eigenvalue weighted by Gasteiger charge is -2.26. The van der Waals surface area contributed by atoms with Crippen LogP contribution in [-0.2, 0) is 4.79 Å². The number of carboxylic acids is 1. The fourth-order valence-electron chi connectivity index (χ4n) is 3.19. The third kappa shape index (κ3) is 2.81. The monoisotopic (exact) mass is 315 g/mol. The van der Waals surface area contributed by atoms with Crippen LogP contribution < -0.4 is 0 Å². The molecule has 1 heterocycles. The highest BCUT2D eigenvalue weighted by Crippen LogP contribution is 2.34. The third-order valence-electron chi connectivity index (χ3n) is 4.51. The first-order valence-corrected chi connectivity index (χ1v) is 7.52. The highest BCUT2D eigenvalue weighted by atomic mass is 16.6. The van der Waals surface area contributed by atoms with Gasteiger partial charge >= 0.3 is 5.97 Å². The van der Waals surface area contributed by atoms with Crippen molar-refractivity contribution in [1.82, 2.24) is 9.78 Å². The van der Waals surface area contributed by atoms with E-state index in [0.717, 1.165) is 12.8 Å². The highest BCUT2D eigenvalue weighted by molar-refractivity contribution is 5.85. The summed E-state index contributed by atoms with van der Waals surface area (Å²) in [6.45, 7) is 3.61. The Kier molecular flexibility index (Phi) is 3.85. The maximum absolute atomic E-state index is 11.1.